The number of hydrogen-bond donors (Lipinski definition) is 0. The largest absolute Gasteiger partial charge is 0.356 e. The van der Waals surface area contributed by atoms with Gasteiger partial charge in [-0.25, -0.2) is 5.01 Å². The summed E-state index contributed by atoms with van der Waals surface area (Å²) in [6, 6.07) is 9.85. The van der Waals surface area contributed by atoms with Crippen LogP contribution in [0.3, 0.4) is 0 Å². The van der Waals surface area contributed by atoms with Gasteiger partial charge >= 0.3 is 0 Å². The monoisotopic (exact) mass is 244 g/mol. The second kappa shape index (κ2) is 4.90. The van der Waals surface area contributed by atoms with E-state index < -0.39 is 0 Å². The van der Waals surface area contributed by atoms with Gasteiger partial charge in [-0.15, -0.1) is 0 Å². The van der Waals surface area contributed by atoms with E-state index in [-0.39, 0.29) is 12.1 Å². The number of benzene rings is 1. The van der Waals surface area contributed by atoms with Gasteiger partial charge in [0, 0.05) is 6.61 Å². The van der Waals surface area contributed by atoms with Crippen LogP contribution in [-0.2, 0) is 9.53 Å². The van der Waals surface area contributed by atoms with E-state index in [0.29, 0.717) is 6.42 Å². The molecule has 0 aliphatic carbocycles. The Balaban J connectivity index is 1.80. The first kappa shape index (κ1) is 11.4. The van der Waals surface area contributed by atoms with E-state index in [1.165, 1.54) is 5.01 Å². The minimum Gasteiger partial charge on any atom is -0.356 e. The predicted molar refractivity (Wildman–Crippen MR) is 68.0 cm³/mol. The summed E-state index contributed by atoms with van der Waals surface area (Å²) in [5.41, 5.74) is 1.86. The lowest BCUT2D eigenvalue weighted by molar-refractivity contribution is -0.147. The molecule has 2 aliphatic rings. The number of carbonyl (C=O) groups excluding carboxylic acids is 1. The van der Waals surface area contributed by atoms with Crippen LogP contribution in [0.15, 0.2) is 35.4 Å². The topological polar surface area (TPSA) is 41.9 Å². The third kappa shape index (κ3) is 2.16. The fourth-order valence-electron chi connectivity index (χ4n) is 2.38. The molecule has 1 aromatic carbocycles. The quantitative estimate of drug-likeness (QED) is 0.800. The number of carbonyl (C=O) groups is 1. The smallest absolute Gasteiger partial charge is 0.251 e. The molecule has 0 saturated carbocycles. The number of hydrogen-bond acceptors (Lipinski definition) is 3. The molecule has 0 bridgehead atoms. The first-order valence-electron chi connectivity index (χ1n) is 6.41. The van der Waals surface area contributed by atoms with Gasteiger partial charge in [0.05, 0.1) is 12.1 Å². The van der Waals surface area contributed by atoms with Crippen LogP contribution in [-0.4, -0.2) is 29.5 Å². The summed E-state index contributed by atoms with van der Waals surface area (Å²) in [5, 5.41) is 5.97. The molecule has 0 radical (unpaired) electrons. The average Bonchev–Trinajstić information content (AvgIpc) is 2.83. The lowest BCUT2D eigenvalue weighted by atomic mass is 10.1. The van der Waals surface area contributed by atoms with Crippen molar-refractivity contribution in [3.8, 4) is 0 Å². The molecule has 2 aliphatic heterocycles. The Kier molecular flexibility index (Phi) is 3.11. The van der Waals surface area contributed by atoms with Crippen LogP contribution in [0.2, 0.25) is 0 Å². The van der Waals surface area contributed by atoms with Gasteiger partial charge in [-0.2, -0.15) is 5.10 Å². The maximum absolute atomic E-state index is 12.0. The van der Waals surface area contributed by atoms with Crippen LogP contribution in [0.25, 0.3) is 0 Å². The molecule has 1 saturated heterocycles. The molecule has 18 heavy (non-hydrogen) atoms. The Morgan fingerprint density at radius 1 is 1.22 bits per heavy atom. The maximum atomic E-state index is 12.0. The third-order valence-corrected chi connectivity index (χ3v) is 3.34. The first-order chi connectivity index (χ1) is 8.84. The number of rotatable bonds is 2. The zero-order valence-corrected chi connectivity index (χ0v) is 10.2. The van der Waals surface area contributed by atoms with Crippen molar-refractivity contribution in [2.45, 2.75) is 31.9 Å². The Labute approximate surface area is 106 Å². The summed E-state index contributed by atoms with van der Waals surface area (Å²) < 4.78 is 5.61. The highest BCUT2D eigenvalue weighted by Crippen LogP contribution is 2.23. The van der Waals surface area contributed by atoms with Crippen molar-refractivity contribution in [1.82, 2.24) is 5.01 Å². The minimum absolute atomic E-state index is 0.0424. The predicted octanol–water partition coefficient (Wildman–Crippen LogP) is 2.15. The SMILES string of the molecule is O=C1CC(c2ccccc2)=NN1C1CCCCO1. The van der Waals surface area contributed by atoms with Gasteiger partial charge in [0.2, 0.25) is 0 Å². The molecule has 4 nitrogen and oxygen atoms in total. The van der Waals surface area contributed by atoms with Crippen molar-refractivity contribution in [3.63, 3.8) is 0 Å². The molecule has 1 atom stereocenters. The minimum atomic E-state index is -0.160. The number of hydrazone groups is 1. The van der Waals surface area contributed by atoms with Crippen LogP contribution in [0.1, 0.15) is 31.2 Å². The number of ether oxygens (including phenoxy) is 1. The Bertz CT molecular complexity index is 464. The van der Waals surface area contributed by atoms with Gasteiger partial charge in [-0.05, 0) is 24.8 Å². The zero-order chi connectivity index (χ0) is 12.4. The standard InChI is InChI=1S/C14H16N2O2/c17-13-10-12(11-6-2-1-3-7-11)15-16(13)14-8-4-5-9-18-14/h1-3,6-7,14H,4-5,8-10H2. The Morgan fingerprint density at radius 3 is 2.78 bits per heavy atom. The maximum Gasteiger partial charge on any atom is 0.251 e. The van der Waals surface area contributed by atoms with Crippen molar-refractivity contribution in [2.75, 3.05) is 6.61 Å². The summed E-state index contributed by atoms with van der Waals surface area (Å²) in [4.78, 5) is 12.0. The molecule has 1 aromatic rings. The fourth-order valence-corrected chi connectivity index (χ4v) is 2.38. The number of amides is 1. The van der Waals surface area contributed by atoms with Gasteiger partial charge in [0.15, 0.2) is 6.23 Å². The average molecular weight is 244 g/mol. The molecular formula is C14H16N2O2. The Hall–Kier alpha value is -1.68. The van der Waals surface area contributed by atoms with Crippen LogP contribution >= 0.6 is 0 Å². The van der Waals surface area contributed by atoms with E-state index >= 15 is 0 Å². The third-order valence-electron chi connectivity index (χ3n) is 3.34. The molecule has 1 fully saturated rings. The summed E-state index contributed by atoms with van der Waals surface area (Å²) in [6.07, 6.45) is 3.28. The molecule has 1 amide bonds. The molecule has 4 heteroatoms. The van der Waals surface area contributed by atoms with E-state index in [9.17, 15) is 4.79 Å². The second-order valence-electron chi connectivity index (χ2n) is 4.65. The van der Waals surface area contributed by atoms with Crippen molar-refractivity contribution in [2.24, 2.45) is 5.10 Å². The van der Waals surface area contributed by atoms with Crippen LogP contribution in [0, 0.1) is 0 Å². The van der Waals surface area contributed by atoms with Gasteiger partial charge in [-0.3, -0.25) is 4.79 Å². The van der Waals surface area contributed by atoms with Crippen molar-refractivity contribution < 1.29 is 9.53 Å². The van der Waals surface area contributed by atoms with E-state index in [2.05, 4.69) is 5.10 Å². The molecule has 94 valence electrons. The molecule has 0 aromatic heterocycles. The highest BCUT2D eigenvalue weighted by Gasteiger charge is 2.32. The van der Waals surface area contributed by atoms with Crippen LogP contribution in [0.5, 0.6) is 0 Å². The van der Waals surface area contributed by atoms with Gasteiger partial charge in [0.25, 0.3) is 5.91 Å². The van der Waals surface area contributed by atoms with Crippen molar-refractivity contribution in [1.29, 1.82) is 0 Å². The Morgan fingerprint density at radius 2 is 2.06 bits per heavy atom. The van der Waals surface area contributed by atoms with Gasteiger partial charge in [0.1, 0.15) is 0 Å². The van der Waals surface area contributed by atoms with E-state index in [4.69, 9.17) is 4.74 Å². The lowest BCUT2D eigenvalue weighted by Crippen LogP contribution is -2.37. The van der Waals surface area contributed by atoms with E-state index in [1.807, 2.05) is 30.3 Å². The molecule has 0 spiro atoms. The summed E-state index contributed by atoms with van der Waals surface area (Å²) in [7, 11) is 0. The number of nitrogens with zero attached hydrogens (tertiary/aromatic N) is 2. The fraction of sp³-hybridized carbons (Fsp3) is 0.429. The van der Waals surface area contributed by atoms with Crippen molar-refractivity contribution >= 4 is 11.6 Å². The summed E-state index contributed by atoms with van der Waals surface area (Å²) in [6.45, 7) is 0.727. The van der Waals surface area contributed by atoms with Crippen LogP contribution < -0.4 is 0 Å². The summed E-state index contributed by atoms with van der Waals surface area (Å²) >= 11 is 0. The van der Waals surface area contributed by atoms with E-state index in [0.717, 1.165) is 37.1 Å². The molecular weight excluding hydrogens is 228 g/mol. The van der Waals surface area contributed by atoms with Crippen molar-refractivity contribution in [3.05, 3.63) is 35.9 Å². The molecule has 2 heterocycles. The van der Waals surface area contributed by atoms with Gasteiger partial charge < -0.3 is 4.74 Å². The highest BCUT2D eigenvalue weighted by atomic mass is 16.5. The second-order valence-corrected chi connectivity index (χ2v) is 4.65. The zero-order valence-electron chi connectivity index (χ0n) is 10.2. The molecule has 3 rings (SSSR count). The van der Waals surface area contributed by atoms with E-state index in [1.54, 1.807) is 0 Å². The normalized spacial score (nSPS) is 24.2. The van der Waals surface area contributed by atoms with Crippen LogP contribution in [0.4, 0.5) is 0 Å². The summed E-state index contributed by atoms with van der Waals surface area (Å²) in [5.74, 6) is 0.0424. The highest BCUT2D eigenvalue weighted by molar-refractivity contribution is 6.13. The lowest BCUT2D eigenvalue weighted by Gasteiger charge is -2.27. The first-order valence-corrected chi connectivity index (χ1v) is 6.41. The molecule has 1 unspecified atom stereocenters. The molecule has 0 N–H and O–H groups in total. The van der Waals surface area contributed by atoms with Gasteiger partial charge in [-0.1, -0.05) is 30.3 Å².